The predicted octanol–water partition coefficient (Wildman–Crippen LogP) is 5.10. The first kappa shape index (κ1) is 23.7. The molecule has 0 bridgehead atoms. The number of aromatic nitrogens is 1. The van der Waals surface area contributed by atoms with E-state index >= 15 is 0 Å². The van der Waals surface area contributed by atoms with Crippen LogP contribution in [0.25, 0.3) is 10.9 Å². The molecule has 0 fully saturated rings. The first-order chi connectivity index (χ1) is 16.8. The van der Waals surface area contributed by atoms with Gasteiger partial charge in [0.15, 0.2) is 11.5 Å². The lowest BCUT2D eigenvalue weighted by atomic mass is 9.89. The zero-order valence-corrected chi connectivity index (χ0v) is 19.4. The molecule has 0 spiro atoms. The van der Waals surface area contributed by atoms with Crippen molar-refractivity contribution in [2.45, 2.75) is 12.8 Å². The van der Waals surface area contributed by atoms with Crippen molar-refractivity contribution in [3.63, 3.8) is 0 Å². The van der Waals surface area contributed by atoms with Gasteiger partial charge in [-0.15, -0.1) is 0 Å². The number of ether oxygens (including phenoxy) is 2. The first-order valence-electron chi connectivity index (χ1n) is 10.8. The minimum Gasteiger partial charge on any atom is -0.493 e. The van der Waals surface area contributed by atoms with Crippen molar-refractivity contribution >= 4 is 22.5 Å². The van der Waals surface area contributed by atoms with Crippen LogP contribution in [0.3, 0.4) is 0 Å². The second kappa shape index (κ2) is 9.84. The molecule has 1 heterocycles. The zero-order valence-electron chi connectivity index (χ0n) is 19.4. The SMILES string of the molecule is COc1cccc(C(CNC(=O)c2cc(F)c(C)c([N+](=O)[O-])c2)c2c[nH]c3ccccc23)c1OC. The molecule has 4 aromatic rings. The summed E-state index contributed by atoms with van der Waals surface area (Å²) in [6, 6.07) is 15.4. The molecule has 0 saturated heterocycles. The molecule has 2 N–H and O–H groups in total. The molecule has 0 saturated carbocycles. The number of carbonyl (C=O) groups excluding carboxylic acids is 1. The molecule has 0 aliphatic carbocycles. The van der Waals surface area contributed by atoms with Crippen LogP contribution in [0.4, 0.5) is 10.1 Å². The van der Waals surface area contributed by atoms with Crippen LogP contribution < -0.4 is 14.8 Å². The Kier molecular flexibility index (Phi) is 6.68. The van der Waals surface area contributed by atoms with Gasteiger partial charge in [0.1, 0.15) is 5.82 Å². The van der Waals surface area contributed by atoms with E-state index in [1.807, 2.05) is 42.6 Å². The maximum atomic E-state index is 14.3. The molecule has 1 unspecified atom stereocenters. The summed E-state index contributed by atoms with van der Waals surface area (Å²) in [5.41, 5.74) is 1.92. The van der Waals surface area contributed by atoms with Gasteiger partial charge in [-0.1, -0.05) is 30.3 Å². The van der Waals surface area contributed by atoms with Crippen molar-refractivity contribution in [3.8, 4) is 11.5 Å². The van der Waals surface area contributed by atoms with Crippen LogP contribution in [0.2, 0.25) is 0 Å². The largest absolute Gasteiger partial charge is 0.493 e. The Hall–Kier alpha value is -4.40. The highest BCUT2D eigenvalue weighted by atomic mass is 19.1. The molecule has 1 amide bonds. The van der Waals surface area contributed by atoms with Crippen molar-refractivity contribution in [3.05, 3.63) is 99.0 Å². The van der Waals surface area contributed by atoms with Crippen molar-refractivity contribution in [2.75, 3.05) is 20.8 Å². The Balaban J connectivity index is 1.74. The number of nitro groups is 1. The number of H-pyrrole nitrogens is 1. The normalized spacial score (nSPS) is 11.8. The number of nitrogens with one attached hydrogen (secondary N) is 2. The number of nitro benzene ring substituents is 1. The van der Waals surface area contributed by atoms with Gasteiger partial charge >= 0.3 is 0 Å². The first-order valence-corrected chi connectivity index (χ1v) is 10.8. The number of fused-ring (bicyclic) bond motifs is 1. The number of para-hydroxylation sites is 2. The van der Waals surface area contributed by atoms with E-state index in [0.717, 1.165) is 34.2 Å². The molecule has 3 aromatic carbocycles. The van der Waals surface area contributed by atoms with Gasteiger partial charge in [-0.3, -0.25) is 14.9 Å². The Morgan fingerprint density at radius 2 is 1.89 bits per heavy atom. The third-order valence-electron chi connectivity index (χ3n) is 6.05. The highest BCUT2D eigenvalue weighted by molar-refractivity contribution is 5.95. The van der Waals surface area contributed by atoms with Gasteiger partial charge in [0.05, 0.1) is 24.7 Å². The number of hydrogen-bond donors (Lipinski definition) is 2. The van der Waals surface area contributed by atoms with E-state index < -0.39 is 22.3 Å². The van der Waals surface area contributed by atoms with Crippen LogP contribution in [0.15, 0.2) is 60.8 Å². The second-order valence-electron chi connectivity index (χ2n) is 7.99. The van der Waals surface area contributed by atoms with Gasteiger partial charge in [0, 0.05) is 46.8 Å². The monoisotopic (exact) mass is 477 g/mol. The average Bonchev–Trinajstić information content (AvgIpc) is 3.29. The number of benzene rings is 3. The number of amides is 1. The van der Waals surface area contributed by atoms with E-state index in [1.165, 1.54) is 6.92 Å². The number of rotatable bonds is 8. The zero-order chi connectivity index (χ0) is 25.1. The summed E-state index contributed by atoms with van der Waals surface area (Å²) in [6.45, 7) is 1.42. The van der Waals surface area contributed by atoms with Gasteiger partial charge in [0.2, 0.25) is 0 Å². The summed E-state index contributed by atoms with van der Waals surface area (Å²) < 4.78 is 25.4. The Morgan fingerprint density at radius 3 is 2.60 bits per heavy atom. The molecule has 1 aromatic heterocycles. The van der Waals surface area contributed by atoms with E-state index in [4.69, 9.17) is 9.47 Å². The van der Waals surface area contributed by atoms with E-state index in [9.17, 15) is 19.3 Å². The summed E-state index contributed by atoms with van der Waals surface area (Å²) in [4.78, 5) is 26.8. The van der Waals surface area contributed by atoms with Gasteiger partial charge < -0.3 is 19.8 Å². The van der Waals surface area contributed by atoms with E-state index in [1.54, 1.807) is 20.3 Å². The van der Waals surface area contributed by atoms with Gasteiger partial charge in [-0.2, -0.15) is 0 Å². The lowest BCUT2D eigenvalue weighted by Crippen LogP contribution is -2.29. The quantitative estimate of drug-likeness (QED) is 0.271. The van der Waals surface area contributed by atoms with Crippen LogP contribution in [0.1, 0.15) is 33.0 Å². The third-order valence-corrected chi connectivity index (χ3v) is 6.05. The lowest BCUT2D eigenvalue weighted by molar-refractivity contribution is -0.385. The van der Waals surface area contributed by atoms with Crippen molar-refractivity contribution in [1.82, 2.24) is 10.3 Å². The van der Waals surface area contributed by atoms with Gasteiger partial charge in [0.25, 0.3) is 11.6 Å². The number of halogens is 1. The number of nitrogens with zero attached hydrogens (tertiary/aromatic N) is 1. The maximum Gasteiger partial charge on any atom is 0.276 e. The Morgan fingerprint density at radius 1 is 1.11 bits per heavy atom. The Bertz CT molecular complexity index is 1420. The highest BCUT2D eigenvalue weighted by Crippen LogP contribution is 2.40. The summed E-state index contributed by atoms with van der Waals surface area (Å²) >= 11 is 0. The summed E-state index contributed by atoms with van der Waals surface area (Å²) in [7, 11) is 3.09. The summed E-state index contributed by atoms with van der Waals surface area (Å²) in [5, 5.41) is 15.1. The molecule has 1 atom stereocenters. The fourth-order valence-electron chi connectivity index (χ4n) is 4.24. The second-order valence-corrected chi connectivity index (χ2v) is 7.99. The molecule has 180 valence electrons. The van der Waals surface area contributed by atoms with E-state index in [0.29, 0.717) is 11.5 Å². The van der Waals surface area contributed by atoms with E-state index in [2.05, 4.69) is 10.3 Å². The van der Waals surface area contributed by atoms with Crippen molar-refractivity contribution < 1.29 is 23.6 Å². The molecule has 0 aliphatic heterocycles. The van der Waals surface area contributed by atoms with Crippen LogP contribution in [-0.2, 0) is 0 Å². The number of hydrogen-bond acceptors (Lipinski definition) is 5. The molecular formula is C26H24FN3O5. The number of carbonyl (C=O) groups is 1. The van der Waals surface area contributed by atoms with Crippen LogP contribution in [0.5, 0.6) is 11.5 Å². The lowest BCUT2D eigenvalue weighted by Gasteiger charge is -2.22. The molecule has 0 radical (unpaired) electrons. The van der Waals surface area contributed by atoms with Gasteiger partial charge in [-0.25, -0.2) is 4.39 Å². The average molecular weight is 477 g/mol. The molecular weight excluding hydrogens is 453 g/mol. The highest BCUT2D eigenvalue weighted by Gasteiger charge is 2.25. The molecule has 4 rings (SSSR count). The minimum atomic E-state index is -0.813. The summed E-state index contributed by atoms with van der Waals surface area (Å²) in [6.07, 6.45) is 1.87. The summed E-state index contributed by atoms with van der Waals surface area (Å²) in [5.74, 6) is -0.745. The van der Waals surface area contributed by atoms with Crippen LogP contribution in [0, 0.1) is 22.9 Å². The predicted molar refractivity (Wildman–Crippen MR) is 130 cm³/mol. The number of aromatic amines is 1. The standard InChI is InChI=1S/C26H24FN3O5/c1-15-21(27)11-16(12-23(15)30(32)33)26(31)29-14-20(18-8-6-10-24(34-2)25(18)35-3)19-13-28-22-9-5-4-7-17(19)22/h4-13,20,28H,14H2,1-3H3,(H,29,31). The topological polar surface area (TPSA) is 106 Å². The fourth-order valence-corrected chi connectivity index (χ4v) is 4.24. The van der Waals surface area contributed by atoms with Crippen molar-refractivity contribution in [1.29, 1.82) is 0 Å². The van der Waals surface area contributed by atoms with Crippen molar-refractivity contribution in [2.24, 2.45) is 0 Å². The Labute approximate surface area is 200 Å². The minimum absolute atomic E-state index is 0.119. The molecule has 9 heteroatoms. The fraction of sp³-hybridized carbons (Fsp3) is 0.192. The van der Waals surface area contributed by atoms with Gasteiger partial charge in [-0.05, 0) is 30.7 Å². The van der Waals surface area contributed by atoms with E-state index in [-0.39, 0.29) is 23.6 Å². The number of methoxy groups -OCH3 is 2. The molecule has 35 heavy (non-hydrogen) atoms. The molecule has 8 nitrogen and oxygen atoms in total. The van der Waals surface area contributed by atoms with Crippen LogP contribution >= 0.6 is 0 Å². The molecule has 0 aliphatic rings. The third kappa shape index (κ3) is 4.52. The van der Waals surface area contributed by atoms with Crippen LogP contribution in [-0.4, -0.2) is 36.6 Å². The maximum absolute atomic E-state index is 14.3. The smallest absolute Gasteiger partial charge is 0.276 e.